The van der Waals surface area contributed by atoms with Gasteiger partial charge in [0.15, 0.2) is 0 Å². The minimum absolute atomic E-state index is 0.682. The van der Waals surface area contributed by atoms with Crippen LogP contribution in [0.2, 0.25) is 0 Å². The highest BCUT2D eigenvalue weighted by Gasteiger charge is 2.25. The molecule has 0 N–H and O–H groups in total. The first-order valence-electron chi connectivity index (χ1n) is 18.5. The van der Waals surface area contributed by atoms with Crippen LogP contribution in [0.25, 0.3) is 113 Å². The van der Waals surface area contributed by atoms with Crippen molar-refractivity contribution in [2.24, 2.45) is 0 Å². The average molecular weight is 736 g/mol. The van der Waals surface area contributed by atoms with E-state index in [0.717, 1.165) is 37.9 Å². The lowest BCUT2D eigenvalue weighted by Gasteiger charge is -2.11. The summed E-state index contributed by atoms with van der Waals surface area (Å²) < 4.78 is 7.18. The van der Waals surface area contributed by atoms with E-state index >= 15 is 0 Å². The maximum Gasteiger partial charge on any atom is 0.235 e. The molecule has 8 aromatic carbocycles. The molecule has 12 aromatic rings. The summed E-state index contributed by atoms with van der Waals surface area (Å²) in [6, 6.07) is 63.4. The lowest BCUT2D eigenvalue weighted by atomic mass is 9.96. The van der Waals surface area contributed by atoms with Gasteiger partial charge in [-0.15, -0.1) is 22.7 Å². The SMILES string of the molecule is c1ccc(-c2ccc3sc4c(c3c2)c2ccccc2c2c3cc(-c5ccccc5)ccc3n(-c3nc(-c5ccccc5)c5sc6ccccc6c5n3)c42)cc1. The van der Waals surface area contributed by atoms with Crippen molar-refractivity contribution in [3.63, 3.8) is 0 Å². The average Bonchev–Trinajstić information content (AvgIpc) is 3.94. The Balaban J connectivity index is 1.28. The van der Waals surface area contributed by atoms with E-state index in [0.29, 0.717) is 5.95 Å². The fourth-order valence-corrected chi connectivity index (χ4v) is 10.9. The summed E-state index contributed by atoms with van der Waals surface area (Å²) in [5, 5.41) is 8.61. The van der Waals surface area contributed by atoms with Crippen LogP contribution in [0.5, 0.6) is 0 Å². The zero-order chi connectivity index (χ0) is 36.0. The van der Waals surface area contributed by atoms with Crippen LogP contribution < -0.4 is 0 Å². The number of hydrogen-bond acceptors (Lipinski definition) is 4. The Labute approximate surface area is 324 Å². The number of rotatable bonds is 4. The van der Waals surface area contributed by atoms with Gasteiger partial charge in [-0.1, -0.05) is 146 Å². The maximum absolute atomic E-state index is 5.55. The van der Waals surface area contributed by atoms with Gasteiger partial charge in [-0.3, -0.25) is 4.57 Å². The zero-order valence-electron chi connectivity index (χ0n) is 29.4. The van der Waals surface area contributed by atoms with E-state index in [1.165, 1.54) is 68.7 Å². The molecule has 0 spiro atoms. The van der Waals surface area contributed by atoms with Crippen molar-refractivity contribution in [2.45, 2.75) is 0 Å². The van der Waals surface area contributed by atoms with Crippen molar-refractivity contribution in [2.75, 3.05) is 0 Å². The second kappa shape index (κ2) is 11.9. The van der Waals surface area contributed by atoms with Crippen molar-refractivity contribution in [1.82, 2.24) is 14.5 Å². The molecule has 0 fully saturated rings. The highest BCUT2D eigenvalue weighted by atomic mass is 32.1. The van der Waals surface area contributed by atoms with E-state index in [2.05, 4.69) is 180 Å². The minimum atomic E-state index is 0.682. The molecule has 0 bridgehead atoms. The van der Waals surface area contributed by atoms with E-state index in [1.807, 2.05) is 11.3 Å². The molecule has 0 aliphatic carbocycles. The van der Waals surface area contributed by atoms with E-state index < -0.39 is 0 Å². The van der Waals surface area contributed by atoms with Crippen LogP contribution in [0.4, 0.5) is 0 Å². The van der Waals surface area contributed by atoms with Crippen molar-refractivity contribution < 1.29 is 0 Å². The Hall–Kier alpha value is -6.66. The molecule has 0 aliphatic heterocycles. The summed E-state index contributed by atoms with van der Waals surface area (Å²) in [5.74, 6) is 0.682. The summed E-state index contributed by atoms with van der Waals surface area (Å²) in [5.41, 5.74) is 10.1. The molecular formula is C50H29N3S2. The summed E-state index contributed by atoms with van der Waals surface area (Å²) >= 11 is 3.64. The fourth-order valence-electron chi connectivity index (χ4n) is 8.53. The predicted molar refractivity (Wildman–Crippen MR) is 236 cm³/mol. The lowest BCUT2D eigenvalue weighted by molar-refractivity contribution is 1.02. The molecule has 55 heavy (non-hydrogen) atoms. The molecule has 256 valence electrons. The van der Waals surface area contributed by atoms with Gasteiger partial charge < -0.3 is 0 Å². The molecule has 0 unspecified atom stereocenters. The predicted octanol–water partition coefficient (Wildman–Crippen LogP) is 14.5. The summed E-state index contributed by atoms with van der Waals surface area (Å²) in [7, 11) is 0. The summed E-state index contributed by atoms with van der Waals surface area (Å²) in [4.78, 5) is 11.1. The zero-order valence-corrected chi connectivity index (χ0v) is 31.0. The third kappa shape index (κ3) is 4.61. The van der Waals surface area contributed by atoms with E-state index in [4.69, 9.17) is 9.97 Å². The molecule has 12 rings (SSSR count). The van der Waals surface area contributed by atoms with Crippen molar-refractivity contribution in [3.8, 4) is 39.5 Å². The second-order valence-electron chi connectivity index (χ2n) is 14.1. The third-order valence-corrected chi connectivity index (χ3v) is 13.3. The van der Waals surface area contributed by atoms with Crippen LogP contribution in [-0.4, -0.2) is 14.5 Å². The number of thiophene rings is 2. The molecule has 4 heterocycles. The Morgan fingerprint density at radius 1 is 0.382 bits per heavy atom. The van der Waals surface area contributed by atoms with Crippen LogP contribution in [0.1, 0.15) is 0 Å². The van der Waals surface area contributed by atoms with Crippen molar-refractivity contribution in [3.05, 3.63) is 176 Å². The third-order valence-electron chi connectivity index (χ3n) is 11.0. The van der Waals surface area contributed by atoms with Gasteiger partial charge in [-0.05, 0) is 63.4 Å². The molecule has 0 radical (unpaired) electrons. The van der Waals surface area contributed by atoms with Crippen LogP contribution in [0.15, 0.2) is 176 Å². The van der Waals surface area contributed by atoms with E-state index in [-0.39, 0.29) is 0 Å². The first kappa shape index (κ1) is 30.8. The van der Waals surface area contributed by atoms with Crippen molar-refractivity contribution in [1.29, 1.82) is 0 Å². The molecule has 0 saturated carbocycles. The molecule has 5 heteroatoms. The van der Waals surface area contributed by atoms with Gasteiger partial charge in [-0.25, -0.2) is 9.97 Å². The number of benzene rings is 8. The lowest BCUT2D eigenvalue weighted by Crippen LogP contribution is -2.03. The molecule has 0 saturated heterocycles. The molecular weight excluding hydrogens is 707 g/mol. The highest BCUT2D eigenvalue weighted by molar-refractivity contribution is 7.27. The van der Waals surface area contributed by atoms with Gasteiger partial charge in [0.1, 0.15) is 0 Å². The second-order valence-corrected chi connectivity index (χ2v) is 16.2. The van der Waals surface area contributed by atoms with Crippen LogP contribution in [-0.2, 0) is 0 Å². The Bertz CT molecular complexity index is 3470. The fraction of sp³-hybridized carbons (Fsp3) is 0. The number of aromatic nitrogens is 3. The smallest absolute Gasteiger partial charge is 0.235 e. The maximum atomic E-state index is 5.55. The van der Waals surface area contributed by atoms with Crippen LogP contribution in [0, 0.1) is 0 Å². The minimum Gasteiger partial charge on any atom is -0.276 e. The number of hydrogen-bond donors (Lipinski definition) is 0. The Morgan fingerprint density at radius 3 is 1.64 bits per heavy atom. The van der Waals surface area contributed by atoms with Gasteiger partial charge in [0, 0.05) is 41.9 Å². The topological polar surface area (TPSA) is 30.7 Å². The normalized spacial score (nSPS) is 12.0. The van der Waals surface area contributed by atoms with E-state index in [1.54, 1.807) is 11.3 Å². The van der Waals surface area contributed by atoms with E-state index in [9.17, 15) is 0 Å². The van der Waals surface area contributed by atoms with Gasteiger partial charge >= 0.3 is 0 Å². The number of nitrogens with zero attached hydrogens (tertiary/aromatic N) is 3. The largest absolute Gasteiger partial charge is 0.276 e. The van der Waals surface area contributed by atoms with Crippen LogP contribution in [0.3, 0.4) is 0 Å². The monoisotopic (exact) mass is 735 g/mol. The van der Waals surface area contributed by atoms with Gasteiger partial charge in [-0.2, -0.15) is 0 Å². The molecule has 0 atom stereocenters. The quantitative estimate of drug-likeness (QED) is 0.180. The molecule has 3 nitrogen and oxygen atoms in total. The molecule has 0 aliphatic rings. The first-order valence-corrected chi connectivity index (χ1v) is 20.1. The Kier molecular flexibility index (Phi) is 6.67. The Morgan fingerprint density at radius 2 is 0.927 bits per heavy atom. The van der Waals surface area contributed by atoms with Gasteiger partial charge in [0.2, 0.25) is 5.95 Å². The highest BCUT2D eigenvalue weighted by Crippen LogP contribution is 2.49. The summed E-state index contributed by atoms with van der Waals surface area (Å²) in [6.45, 7) is 0. The first-order chi connectivity index (χ1) is 27.3. The molecule has 0 amide bonds. The van der Waals surface area contributed by atoms with Crippen molar-refractivity contribution >= 4 is 95.7 Å². The van der Waals surface area contributed by atoms with Gasteiger partial charge in [0.25, 0.3) is 0 Å². The standard InChI is InChI=1S/C50H29N3S2/c1-4-14-30(15-5-1)33-24-26-40-38(28-33)43-35-20-10-11-21-36(35)44-39-29-34(31-16-6-2-7-17-31)25-27-42(39)54-48(44)47(43)53(40)50-51-45(32-18-8-3-9-19-32)49-46(52-50)37-22-12-13-23-41(37)55-49/h1-29H. The summed E-state index contributed by atoms with van der Waals surface area (Å²) in [6.07, 6.45) is 0. The number of fused-ring (bicyclic) bond motifs is 13. The molecule has 4 aromatic heterocycles. The van der Waals surface area contributed by atoms with Crippen LogP contribution >= 0.6 is 22.7 Å². The van der Waals surface area contributed by atoms with Gasteiger partial charge in [0.05, 0.1) is 31.6 Å².